The van der Waals surface area contributed by atoms with Crippen LogP contribution in [-0.2, 0) is 24.7 Å². The van der Waals surface area contributed by atoms with E-state index >= 15 is 0 Å². The SMILES string of the molecule is CCC(C)(C)C1CCc2c(sc(NC(=O)CSc3nnc(-c4cccs4)n3C)c2C#N)C1. The largest absolute Gasteiger partial charge is 0.316 e. The van der Waals surface area contributed by atoms with E-state index in [-0.39, 0.29) is 17.1 Å². The molecule has 1 N–H and O–H groups in total. The molecule has 1 atom stereocenters. The van der Waals surface area contributed by atoms with Gasteiger partial charge in [0.2, 0.25) is 5.91 Å². The molecule has 1 aliphatic rings. The Labute approximate surface area is 201 Å². The second-order valence-corrected chi connectivity index (χ2v) is 11.8. The molecule has 0 saturated heterocycles. The van der Waals surface area contributed by atoms with Gasteiger partial charge in [0.15, 0.2) is 11.0 Å². The van der Waals surface area contributed by atoms with Crippen molar-refractivity contribution < 1.29 is 4.79 Å². The zero-order valence-electron chi connectivity index (χ0n) is 18.8. The highest BCUT2D eigenvalue weighted by atomic mass is 32.2. The predicted molar refractivity (Wildman–Crippen MR) is 132 cm³/mol. The fourth-order valence-electron chi connectivity index (χ4n) is 4.10. The molecule has 4 rings (SSSR count). The lowest BCUT2D eigenvalue weighted by molar-refractivity contribution is -0.113. The summed E-state index contributed by atoms with van der Waals surface area (Å²) in [6.07, 6.45) is 4.14. The normalized spacial score (nSPS) is 15.9. The number of carbonyl (C=O) groups excluding carboxylic acids is 1. The van der Waals surface area contributed by atoms with Crippen molar-refractivity contribution >= 4 is 45.3 Å². The molecule has 168 valence electrons. The van der Waals surface area contributed by atoms with Crippen LogP contribution < -0.4 is 5.32 Å². The summed E-state index contributed by atoms with van der Waals surface area (Å²) in [5.41, 5.74) is 2.07. The van der Waals surface area contributed by atoms with E-state index in [0.29, 0.717) is 21.6 Å². The molecule has 9 heteroatoms. The monoisotopic (exact) mass is 485 g/mol. The van der Waals surface area contributed by atoms with Crippen molar-refractivity contribution in [1.29, 1.82) is 5.26 Å². The molecule has 0 bridgehead atoms. The van der Waals surface area contributed by atoms with Crippen molar-refractivity contribution in [3.8, 4) is 16.8 Å². The maximum atomic E-state index is 12.7. The first-order chi connectivity index (χ1) is 15.3. The Morgan fingerprint density at radius 1 is 1.44 bits per heavy atom. The van der Waals surface area contributed by atoms with Crippen LogP contribution >= 0.6 is 34.4 Å². The van der Waals surface area contributed by atoms with Gasteiger partial charge in [0.25, 0.3) is 0 Å². The number of nitrogens with one attached hydrogen (secondary N) is 1. The van der Waals surface area contributed by atoms with Gasteiger partial charge < -0.3 is 9.88 Å². The van der Waals surface area contributed by atoms with Gasteiger partial charge in [0.1, 0.15) is 11.1 Å². The molecule has 0 aliphatic heterocycles. The molecule has 0 spiro atoms. The highest BCUT2D eigenvalue weighted by molar-refractivity contribution is 7.99. The molecule has 1 unspecified atom stereocenters. The van der Waals surface area contributed by atoms with E-state index in [9.17, 15) is 10.1 Å². The summed E-state index contributed by atoms with van der Waals surface area (Å²) in [4.78, 5) is 15.0. The van der Waals surface area contributed by atoms with Crippen LogP contribution in [0.4, 0.5) is 5.00 Å². The average Bonchev–Trinajstić information content (AvgIpc) is 3.50. The van der Waals surface area contributed by atoms with Crippen molar-refractivity contribution in [3.05, 3.63) is 33.5 Å². The third-order valence-corrected chi connectivity index (χ3v) is 9.61. The van der Waals surface area contributed by atoms with Gasteiger partial charge in [-0.1, -0.05) is 45.0 Å². The fourth-order valence-corrected chi connectivity index (χ4v) is 6.85. The van der Waals surface area contributed by atoms with E-state index in [1.165, 1.54) is 16.6 Å². The van der Waals surface area contributed by atoms with Gasteiger partial charge in [-0.25, -0.2) is 0 Å². The minimum atomic E-state index is -0.129. The molecular formula is C23H27N5OS3. The van der Waals surface area contributed by atoms with Gasteiger partial charge in [-0.3, -0.25) is 4.79 Å². The lowest BCUT2D eigenvalue weighted by Crippen LogP contribution is -2.28. The number of rotatable bonds is 7. The Morgan fingerprint density at radius 2 is 2.25 bits per heavy atom. The summed E-state index contributed by atoms with van der Waals surface area (Å²) in [5, 5.41) is 24.6. The van der Waals surface area contributed by atoms with Gasteiger partial charge in [-0.05, 0) is 47.6 Å². The quantitative estimate of drug-likeness (QED) is 0.431. The summed E-state index contributed by atoms with van der Waals surface area (Å²) in [5.74, 6) is 1.49. The zero-order chi connectivity index (χ0) is 22.9. The number of thiophene rings is 2. The van der Waals surface area contributed by atoms with E-state index < -0.39 is 0 Å². The Hall–Kier alpha value is -2.15. The average molecular weight is 486 g/mol. The van der Waals surface area contributed by atoms with E-state index in [2.05, 4.69) is 42.4 Å². The summed E-state index contributed by atoms with van der Waals surface area (Å²) in [6.45, 7) is 6.91. The Kier molecular flexibility index (Phi) is 6.75. The van der Waals surface area contributed by atoms with Gasteiger partial charge in [-0.15, -0.1) is 32.9 Å². The molecule has 3 heterocycles. The smallest absolute Gasteiger partial charge is 0.235 e. The lowest BCUT2D eigenvalue weighted by atomic mass is 9.69. The van der Waals surface area contributed by atoms with Crippen LogP contribution in [0.3, 0.4) is 0 Å². The zero-order valence-corrected chi connectivity index (χ0v) is 21.2. The number of carbonyl (C=O) groups is 1. The van der Waals surface area contributed by atoms with Gasteiger partial charge >= 0.3 is 0 Å². The fraction of sp³-hybridized carbons (Fsp3) is 0.478. The van der Waals surface area contributed by atoms with Crippen molar-refractivity contribution in [1.82, 2.24) is 14.8 Å². The highest BCUT2D eigenvalue weighted by Gasteiger charge is 2.34. The van der Waals surface area contributed by atoms with Crippen LogP contribution in [0.15, 0.2) is 22.7 Å². The third kappa shape index (κ3) is 4.49. The summed E-state index contributed by atoms with van der Waals surface area (Å²) in [7, 11) is 1.91. The number of nitrogens with zero attached hydrogens (tertiary/aromatic N) is 4. The topological polar surface area (TPSA) is 83.6 Å². The van der Waals surface area contributed by atoms with Crippen molar-refractivity contribution in [2.45, 2.75) is 51.6 Å². The van der Waals surface area contributed by atoms with Crippen LogP contribution in [-0.4, -0.2) is 26.4 Å². The number of fused-ring (bicyclic) bond motifs is 1. The van der Waals surface area contributed by atoms with Crippen LogP contribution in [0.2, 0.25) is 0 Å². The number of nitriles is 1. The Balaban J connectivity index is 1.43. The van der Waals surface area contributed by atoms with Gasteiger partial charge in [0, 0.05) is 11.9 Å². The second kappa shape index (κ2) is 9.38. The van der Waals surface area contributed by atoms with Crippen LogP contribution in [0, 0.1) is 22.7 Å². The maximum absolute atomic E-state index is 12.7. The van der Waals surface area contributed by atoms with Crippen LogP contribution in [0.25, 0.3) is 10.7 Å². The first-order valence-electron chi connectivity index (χ1n) is 10.7. The number of hydrogen-bond donors (Lipinski definition) is 1. The second-order valence-electron chi connectivity index (χ2n) is 8.78. The minimum Gasteiger partial charge on any atom is -0.316 e. The molecule has 32 heavy (non-hydrogen) atoms. The molecule has 1 aliphatic carbocycles. The van der Waals surface area contributed by atoms with Crippen LogP contribution in [0.5, 0.6) is 0 Å². The number of anilines is 1. The predicted octanol–water partition coefficient (Wildman–Crippen LogP) is 5.75. The van der Waals surface area contributed by atoms with E-state index in [1.54, 1.807) is 22.7 Å². The van der Waals surface area contributed by atoms with Crippen LogP contribution in [0.1, 0.15) is 49.6 Å². The summed E-state index contributed by atoms with van der Waals surface area (Å²) >= 11 is 4.54. The third-order valence-electron chi connectivity index (χ3n) is 6.56. The Bertz CT molecular complexity index is 1150. The Morgan fingerprint density at radius 3 is 2.94 bits per heavy atom. The first kappa shape index (κ1) is 23.0. The molecule has 3 aromatic rings. The van der Waals surface area contributed by atoms with Gasteiger partial charge in [0.05, 0.1) is 16.2 Å². The van der Waals surface area contributed by atoms with Crippen molar-refractivity contribution in [2.24, 2.45) is 18.4 Å². The van der Waals surface area contributed by atoms with Gasteiger partial charge in [-0.2, -0.15) is 5.26 Å². The first-order valence-corrected chi connectivity index (χ1v) is 13.4. The molecule has 0 aromatic carbocycles. The van der Waals surface area contributed by atoms with E-state index in [1.807, 2.05) is 29.1 Å². The highest BCUT2D eigenvalue weighted by Crippen LogP contribution is 2.45. The summed E-state index contributed by atoms with van der Waals surface area (Å²) < 4.78 is 1.91. The number of amides is 1. The number of thioether (sulfide) groups is 1. The molecule has 0 saturated carbocycles. The minimum absolute atomic E-state index is 0.129. The molecule has 1 amide bonds. The van der Waals surface area contributed by atoms with E-state index in [0.717, 1.165) is 41.9 Å². The molecule has 3 aromatic heterocycles. The van der Waals surface area contributed by atoms with Crippen molar-refractivity contribution in [2.75, 3.05) is 11.1 Å². The summed E-state index contributed by atoms with van der Waals surface area (Å²) in [6, 6.07) is 6.33. The molecule has 6 nitrogen and oxygen atoms in total. The molecule has 0 radical (unpaired) electrons. The number of aromatic nitrogens is 3. The lowest BCUT2D eigenvalue weighted by Gasteiger charge is -2.36. The molecular weight excluding hydrogens is 458 g/mol. The molecule has 0 fully saturated rings. The standard InChI is InChI=1S/C23H27N5OS3/c1-5-23(2,3)14-8-9-15-16(12-24)21(32-18(15)11-14)25-19(29)13-31-22-27-26-20(28(22)4)17-7-6-10-30-17/h6-7,10,14H,5,8-9,11,13H2,1-4H3,(H,25,29). The van der Waals surface area contributed by atoms with E-state index in [4.69, 9.17) is 0 Å². The van der Waals surface area contributed by atoms with Crippen molar-refractivity contribution in [3.63, 3.8) is 0 Å². The maximum Gasteiger partial charge on any atom is 0.235 e. The number of hydrogen-bond acceptors (Lipinski definition) is 7.